The Labute approximate surface area is 273 Å². The van der Waals surface area contributed by atoms with Crippen LogP contribution in [0.5, 0.6) is 0 Å². The minimum absolute atomic E-state index is 0.0285. The van der Waals surface area contributed by atoms with Crippen LogP contribution in [0.15, 0.2) is 0 Å². The largest absolute Gasteiger partial charge is 0.394 e. The van der Waals surface area contributed by atoms with Crippen molar-refractivity contribution in [1.29, 1.82) is 0 Å². The Kier molecular flexibility index (Phi) is 43.1. The van der Waals surface area contributed by atoms with Gasteiger partial charge in [-0.1, -0.05) is 58.3 Å². The summed E-state index contributed by atoms with van der Waals surface area (Å²) in [7, 11) is 0. The zero-order chi connectivity index (χ0) is 32.4. The lowest BCUT2D eigenvalue weighted by Gasteiger charge is -2.09. The van der Waals surface area contributed by atoms with Crippen molar-refractivity contribution in [1.82, 2.24) is 0 Å². The van der Waals surface area contributed by atoms with Gasteiger partial charge in [0.1, 0.15) is 0 Å². The van der Waals surface area contributed by atoms with Gasteiger partial charge < -0.3 is 57.2 Å². The van der Waals surface area contributed by atoms with E-state index in [0.29, 0.717) is 139 Å². The van der Waals surface area contributed by atoms with E-state index in [-0.39, 0.29) is 6.61 Å². The summed E-state index contributed by atoms with van der Waals surface area (Å²) in [5, 5.41) is 8.58. The molecule has 0 aliphatic carbocycles. The second-order valence-corrected chi connectivity index (χ2v) is 10.3. The third kappa shape index (κ3) is 43.5. The number of rotatable bonds is 42. The molecule has 1 N–H and O–H groups in total. The first-order valence-electron chi connectivity index (χ1n) is 17.4. The van der Waals surface area contributed by atoms with Crippen LogP contribution in [0.1, 0.15) is 64.7 Å². The van der Waals surface area contributed by atoms with E-state index in [2.05, 4.69) is 6.92 Å². The molecular formula is C33H68O12. The number of unbranched alkanes of at least 4 members (excludes halogenated alkanes) is 8. The lowest BCUT2D eigenvalue weighted by Crippen LogP contribution is -2.15. The van der Waals surface area contributed by atoms with Gasteiger partial charge in [0.05, 0.1) is 145 Å². The molecule has 0 aromatic heterocycles. The molecule has 12 heteroatoms. The first-order valence-corrected chi connectivity index (χ1v) is 17.4. The first-order chi connectivity index (χ1) is 22.4. The highest BCUT2D eigenvalue weighted by Crippen LogP contribution is 2.09. The van der Waals surface area contributed by atoms with E-state index in [4.69, 9.17) is 57.2 Å². The minimum Gasteiger partial charge on any atom is -0.394 e. The zero-order valence-electron chi connectivity index (χ0n) is 28.6. The van der Waals surface area contributed by atoms with Crippen LogP contribution in [0.3, 0.4) is 0 Å². The van der Waals surface area contributed by atoms with Crippen molar-refractivity contribution in [3.05, 3.63) is 0 Å². The molecule has 0 aromatic carbocycles. The number of ether oxygens (including phenoxy) is 11. The van der Waals surface area contributed by atoms with Crippen LogP contribution in [0.4, 0.5) is 0 Å². The van der Waals surface area contributed by atoms with Crippen LogP contribution in [-0.4, -0.2) is 157 Å². The maximum atomic E-state index is 8.58. The van der Waals surface area contributed by atoms with Crippen LogP contribution in [0.2, 0.25) is 0 Å². The van der Waals surface area contributed by atoms with Crippen molar-refractivity contribution >= 4 is 0 Å². The molecule has 272 valence electrons. The topological polar surface area (TPSA) is 122 Å². The van der Waals surface area contributed by atoms with Crippen LogP contribution in [0, 0.1) is 0 Å². The van der Waals surface area contributed by atoms with Gasteiger partial charge in [-0.2, -0.15) is 0 Å². The lowest BCUT2D eigenvalue weighted by molar-refractivity contribution is -0.0278. The molecule has 0 fully saturated rings. The van der Waals surface area contributed by atoms with Gasteiger partial charge in [-0.25, -0.2) is 0 Å². The van der Waals surface area contributed by atoms with Crippen molar-refractivity contribution in [3.8, 4) is 0 Å². The molecule has 0 unspecified atom stereocenters. The Morgan fingerprint density at radius 2 is 0.444 bits per heavy atom. The average Bonchev–Trinajstić information content (AvgIpc) is 3.05. The van der Waals surface area contributed by atoms with Gasteiger partial charge in [-0.3, -0.25) is 0 Å². The van der Waals surface area contributed by atoms with Crippen molar-refractivity contribution in [2.45, 2.75) is 64.7 Å². The first kappa shape index (κ1) is 44.5. The van der Waals surface area contributed by atoms with E-state index < -0.39 is 0 Å². The number of aliphatic hydroxyl groups excluding tert-OH is 1. The number of aliphatic hydroxyl groups is 1. The predicted molar refractivity (Wildman–Crippen MR) is 173 cm³/mol. The SMILES string of the molecule is CCCCCCCCCCCOCCOCCOCCOCCOCCOCCOCCOCCOCCOCCOCCO. The summed E-state index contributed by atoms with van der Waals surface area (Å²) in [5.74, 6) is 0. The Balaban J connectivity index is 3.03. The zero-order valence-corrected chi connectivity index (χ0v) is 28.6. The highest BCUT2D eigenvalue weighted by Gasteiger charge is 1.97. The van der Waals surface area contributed by atoms with Crippen molar-refractivity contribution in [3.63, 3.8) is 0 Å². The molecule has 12 nitrogen and oxygen atoms in total. The molecule has 0 saturated heterocycles. The van der Waals surface area contributed by atoms with Gasteiger partial charge in [-0.05, 0) is 6.42 Å². The summed E-state index contributed by atoms with van der Waals surface area (Å²) in [5.41, 5.74) is 0. The van der Waals surface area contributed by atoms with Gasteiger partial charge in [-0.15, -0.1) is 0 Å². The van der Waals surface area contributed by atoms with Gasteiger partial charge in [0, 0.05) is 6.61 Å². The number of hydrogen-bond acceptors (Lipinski definition) is 12. The van der Waals surface area contributed by atoms with Crippen LogP contribution >= 0.6 is 0 Å². The fraction of sp³-hybridized carbons (Fsp3) is 1.00. The van der Waals surface area contributed by atoms with Crippen LogP contribution in [0.25, 0.3) is 0 Å². The fourth-order valence-corrected chi connectivity index (χ4v) is 3.88. The quantitative estimate of drug-likeness (QED) is 0.0965. The molecule has 0 spiro atoms. The number of hydrogen-bond donors (Lipinski definition) is 1. The molecule has 0 radical (unpaired) electrons. The monoisotopic (exact) mass is 656 g/mol. The Morgan fingerprint density at radius 1 is 0.244 bits per heavy atom. The summed E-state index contributed by atoms with van der Waals surface area (Å²) in [6.07, 6.45) is 12.0. The van der Waals surface area contributed by atoms with E-state index >= 15 is 0 Å². The highest BCUT2D eigenvalue weighted by atomic mass is 16.6. The second kappa shape index (κ2) is 43.5. The molecule has 0 aliphatic heterocycles. The lowest BCUT2D eigenvalue weighted by atomic mass is 10.1. The predicted octanol–water partition coefficient (Wildman–Crippen LogP) is 3.69. The van der Waals surface area contributed by atoms with Gasteiger partial charge in [0.15, 0.2) is 0 Å². The fourth-order valence-electron chi connectivity index (χ4n) is 3.88. The highest BCUT2D eigenvalue weighted by molar-refractivity contribution is 4.47. The Morgan fingerprint density at radius 3 is 0.689 bits per heavy atom. The van der Waals surface area contributed by atoms with Gasteiger partial charge >= 0.3 is 0 Å². The molecule has 0 rings (SSSR count). The third-order valence-corrected chi connectivity index (χ3v) is 6.35. The summed E-state index contributed by atoms with van der Waals surface area (Å²) in [4.78, 5) is 0. The smallest absolute Gasteiger partial charge is 0.0701 e. The molecule has 0 aliphatic rings. The summed E-state index contributed by atoms with van der Waals surface area (Å²) in [6.45, 7) is 14.1. The molecule has 0 amide bonds. The normalized spacial score (nSPS) is 11.6. The molecule has 45 heavy (non-hydrogen) atoms. The Bertz CT molecular complexity index is 462. The maximum Gasteiger partial charge on any atom is 0.0701 e. The third-order valence-electron chi connectivity index (χ3n) is 6.35. The molecule has 0 aromatic rings. The van der Waals surface area contributed by atoms with Crippen LogP contribution < -0.4 is 0 Å². The average molecular weight is 657 g/mol. The van der Waals surface area contributed by atoms with E-state index in [1.807, 2.05) is 0 Å². The molecular weight excluding hydrogens is 588 g/mol. The van der Waals surface area contributed by atoms with Crippen molar-refractivity contribution < 1.29 is 57.2 Å². The maximum absolute atomic E-state index is 8.58. The van der Waals surface area contributed by atoms with Crippen molar-refractivity contribution in [2.75, 3.05) is 152 Å². The van der Waals surface area contributed by atoms with Crippen molar-refractivity contribution in [2.24, 2.45) is 0 Å². The van der Waals surface area contributed by atoms with Crippen LogP contribution in [-0.2, 0) is 52.1 Å². The summed E-state index contributed by atoms with van der Waals surface area (Å²) in [6, 6.07) is 0. The van der Waals surface area contributed by atoms with Gasteiger partial charge in [0.2, 0.25) is 0 Å². The summed E-state index contributed by atoms with van der Waals surface area (Å²) >= 11 is 0. The standard InChI is InChI=1S/C33H68O12/c1-2-3-4-5-6-7-8-9-10-12-35-14-16-37-18-20-39-22-24-41-26-28-43-30-32-45-33-31-44-29-27-42-25-23-40-21-19-38-17-15-36-13-11-34/h34H,2-33H2,1H3. The van der Waals surface area contributed by atoms with E-state index in [1.165, 1.54) is 51.4 Å². The van der Waals surface area contributed by atoms with Gasteiger partial charge in [0.25, 0.3) is 0 Å². The van der Waals surface area contributed by atoms with E-state index in [9.17, 15) is 0 Å². The molecule has 0 heterocycles. The molecule has 0 atom stereocenters. The molecule has 0 bridgehead atoms. The molecule has 0 saturated carbocycles. The van der Waals surface area contributed by atoms with E-state index in [0.717, 1.165) is 13.0 Å². The minimum atomic E-state index is 0.0285. The van der Waals surface area contributed by atoms with E-state index in [1.54, 1.807) is 0 Å². The Hall–Kier alpha value is -0.480. The summed E-state index contributed by atoms with van der Waals surface area (Å²) < 4.78 is 59.9. The second-order valence-electron chi connectivity index (χ2n) is 10.3.